The SMILES string of the molecule is COC(=O)c1ccc(OCCCC(C)(C)C(=O)OC)cc1OCCCC(C)(C)C(=O)OC. The zero-order chi connectivity index (χ0) is 24.4. The van der Waals surface area contributed by atoms with E-state index in [4.69, 9.17) is 23.7 Å². The van der Waals surface area contributed by atoms with Gasteiger partial charge >= 0.3 is 17.9 Å². The minimum atomic E-state index is -0.619. The van der Waals surface area contributed by atoms with Gasteiger partial charge in [0.05, 0.1) is 45.4 Å². The number of hydrogen-bond donors (Lipinski definition) is 0. The summed E-state index contributed by atoms with van der Waals surface area (Å²) in [5, 5.41) is 0. The molecule has 1 rings (SSSR count). The first kappa shape index (κ1) is 27.3. The van der Waals surface area contributed by atoms with Crippen molar-refractivity contribution in [2.24, 2.45) is 10.8 Å². The van der Waals surface area contributed by atoms with E-state index in [-0.39, 0.29) is 11.9 Å². The number of benzene rings is 1. The Morgan fingerprint density at radius 2 is 1.25 bits per heavy atom. The van der Waals surface area contributed by atoms with E-state index in [1.54, 1.807) is 18.2 Å². The zero-order valence-electron chi connectivity index (χ0n) is 20.2. The maximum atomic E-state index is 12.1. The monoisotopic (exact) mass is 452 g/mol. The van der Waals surface area contributed by atoms with Crippen LogP contribution in [-0.4, -0.2) is 52.5 Å². The Morgan fingerprint density at radius 3 is 1.72 bits per heavy atom. The molecule has 0 atom stereocenters. The first-order valence-electron chi connectivity index (χ1n) is 10.6. The molecule has 0 amide bonds. The van der Waals surface area contributed by atoms with E-state index < -0.39 is 16.8 Å². The van der Waals surface area contributed by atoms with Crippen molar-refractivity contribution in [3.8, 4) is 11.5 Å². The van der Waals surface area contributed by atoms with Crippen molar-refractivity contribution < 1.29 is 38.1 Å². The van der Waals surface area contributed by atoms with Crippen LogP contribution >= 0.6 is 0 Å². The highest BCUT2D eigenvalue weighted by Gasteiger charge is 2.29. The molecule has 1 aromatic rings. The predicted octanol–water partition coefficient (Wildman–Crippen LogP) is 4.19. The summed E-state index contributed by atoms with van der Waals surface area (Å²) in [7, 11) is 4.05. The molecular formula is C24H36O8. The van der Waals surface area contributed by atoms with Crippen molar-refractivity contribution in [1.29, 1.82) is 0 Å². The third-order valence-electron chi connectivity index (χ3n) is 5.25. The molecule has 8 nitrogen and oxygen atoms in total. The van der Waals surface area contributed by atoms with E-state index in [1.807, 2.05) is 27.7 Å². The first-order valence-corrected chi connectivity index (χ1v) is 10.6. The minimum absolute atomic E-state index is 0.258. The van der Waals surface area contributed by atoms with Gasteiger partial charge in [-0.3, -0.25) is 9.59 Å². The van der Waals surface area contributed by atoms with E-state index in [2.05, 4.69) is 0 Å². The number of rotatable bonds is 13. The first-order chi connectivity index (χ1) is 15.0. The Kier molecular flexibility index (Phi) is 10.5. The van der Waals surface area contributed by atoms with E-state index in [0.29, 0.717) is 56.0 Å². The number of esters is 3. The maximum absolute atomic E-state index is 12.1. The van der Waals surface area contributed by atoms with E-state index in [0.717, 1.165) is 0 Å². The fraction of sp³-hybridized carbons (Fsp3) is 0.625. The summed E-state index contributed by atoms with van der Waals surface area (Å²) in [5.74, 6) is -0.163. The average molecular weight is 453 g/mol. The molecule has 180 valence electrons. The molecule has 32 heavy (non-hydrogen) atoms. The summed E-state index contributed by atoms with van der Waals surface area (Å²) in [4.78, 5) is 35.6. The van der Waals surface area contributed by atoms with Gasteiger partial charge in [-0.2, -0.15) is 0 Å². The Hall–Kier alpha value is -2.77. The topological polar surface area (TPSA) is 97.4 Å². The lowest BCUT2D eigenvalue weighted by molar-refractivity contribution is -0.152. The molecule has 0 unspecified atom stereocenters. The normalized spacial score (nSPS) is 11.5. The smallest absolute Gasteiger partial charge is 0.341 e. The quantitative estimate of drug-likeness (QED) is 0.250. The van der Waals surface area contributed by atoms with Crippen molar-refractivity contribution in [3.05, 3.63) is 23.8 Å². The molecule has 0 aliphatic carbocycles. The van der Waals surface area contributed by atoms with Gasteiger partial charge in [-0.15, -0.1) is 0 Å². The van der Waals surface area contributed by atoms with Crippen molar-refractivity contribution in [2.75, 3.05) is 34.5 Å². The lowest BCUT2D eigenvalue weighted by Crippen LogP contribution is -2.26. The van der Waals surface area contributed by atoms with Gasteiger partial charge in [0.1, 0.15) is 17.1 Å². The van der Waals surface area contributed by atoms with Crippen LogP contribution in [0.5, 0.6) is 11.5 Å². The van der Waals surface area contributed by atoms with Gasteiger partial charge in [0, 0.05) is 6.07 Å². The van der Waals surface area contributed by atoms with Crippen molar-refractivity contribution in [3.63, 3.8) is 0 Å². The molecule has 0 N–H and O–H groups in total. The van der Waals surface area contributed by atoms with Crippen LogP contribution in [0.1, 0.15) is 63.7 Å². The second-order valence-corrected chi connectivity index (χ2v) is 8.80. The van der Waals surface area contributed by atoms with Crippen LogP contribution in [0, 0.1) is 10.8 Å². The Morgan fingerprint density at radius 1 is 0.750 bits per heavy atom. The molecule has 8 heteroatoms. The van der Waals surface area contributed by atoms with Gasteiger partial charge in [0.2, 0.25) is 0 Å². The summed E-state index contributed by atoms with van der Waals surface area (Å²) in [6, 6.07) is 4.90. The second-order valence-electron chi connectivity index (χ2n) is 8.80. The molecule has 0 aliphatic rings. The van der Waals surface area contributed by atoms with Crippen LogP contribution in [0.3, 0.4) is 0 Å². The molecule has 1 aromatic carbocycles. The van der Waals surface area contributed by atoms with Gasteiger partial charge < -0.3 is 23.7 Å². The van der Waals surface area contributed by atoms with Crippen LogP contribution < -0.4 is 9.47 Å². The lowest BCUT2D eigenvalue weighted by Gasteiger charge is -2.21. The highest BCUT2D eigenvalue weighted by atomic mass is 16.5. The van der Waals surface area contributed by atoms with Crippen molar-refractivity contribution >= 4 is 17.9 Å². The molecular weight excluding hydrogens is 416 g/mol. The van der Waals surface area contributed by atoms with E-state index in [1.165, 1.54) is 21.3 Å². The summed E-state index contributed by atoms with van der Waals surface area (Å²) in [6.45, 7) is 7.99. The van der Waals surface area contributed by atoms with Crippen LogP contribution in [0.25, 0.3) is 0 Å². The molecule has 0 aliphatic heterocycles. The van der Waals surface area contributed by atoms with Gasteiger partial charge in [-0.05, 0) is 65.5 Å². The summed E-state index contributed by atoms with van der Waals surface area (Å²) >= 11 is 0. The second kappa shape index (κ2) is 12.3. The van der Waals surface area contributed by atoms with Crippen LogP contribution in [-0.2, 0) is 23.8 Å². The number of methoxy groups -OCH3 is 3. The van der Waals surface area contributed by atoms with Crippen LogP contribution in [0.15, 0.2) is 18.2 Å². The standard InChI is InChI=1S/C24H36O8/c1-23(2,21(26)29-6)12-8-14-31-17-10-11-18(20(25)28-5)19(16-17)32-15-9-13-24(3,4)22(27)30-7/h10-11,16H,8-9,12-15H2,1-7H3. The van der Waals surface area contributed by atoms with Gasteiger partial charge in [-0.25, -0.2) is 4.79 Å². The van der Waals surface area contributed by atoms with E-state index in [9.17, 15) is 14.4 Å². The lowest BCUT2D eigenvalue weighted by atomic mass is 9.88. The molecule has 0 saturated carbocycles. The summed E-state index contributed by atoms with van der Waals surface area (Å²) in [6.07, 6.45) is 2.43. The predicted molar refractivity (Wildman–Crippen MR) is 119 cm³/mol. The third kappa shape index (κ3) is 8.05. The highest BCUT2D eigenvalue weighted by Crippen LogP contribution is 2.29. The van der Waals surface area contributed by atoms with Gasteiger partial charge in [0.25, 0.3) is 0 Å². The largest absolute Gasteiger partial charge is 0.493 e. The molecule has 0 spiro atoms. The van der Waals surface area contributed by atoms with Crippen molar-refractivity contribution in [2.45, 2.75) is 53.4 Å². The van der Waals surface area contributed by atoms with Crippen LogP contribution in [0.4, 0.5) is 0 Å². The average Bonchev–Trinajstić information content (AvgIpc) is 2.77. The third-order valence-corrected chi connectivity index (χ3v) is 5.25. The fourth-order valence-corrected chi connectivity index (χ4v) is 3.15. The van der Waals surface area contributed by atoms with Gasteiger partial charge in [0.15, 0.2) is 0 Å². The van der Waals surface area contributed by atoms with E-state index >= 15 is 0 Å². The Labute approximate surface area is 190 Å². The summed E-state index contributed by atoms with van der Waals surface area (Å²) < 4.78 is 26.1. The molecule has 0 heterocycles. The number of ether oxygens (including phenoxy) is 5. The fourth-order valence-electron chi connectivity index (χ4n) is 3.15. The molecule has 0 saturated heterocycles. The number of hydrogen-bond acceptors (Lipinski definition) is 8. The summed E-state index contributed by atoms with van der Waals surface area (Å²) in [5.41, 5.74) is -0.912. The highest BCUT2D eigenvalue weighted by molar-refractivity contribution is 5.92. The Bertz CT molecular complexity index is 782. The molecule has 0 fully saturated rings. The zero-order valence-corrected chi connectivity index (χ0v) is 20.2. The molecule has 0 bridgehead atoms. The maximum Gasteiger partial charge on any atom is 0.341 e. The molecule has 0 radical (unpaired) electrons. The molecule has 0 aromatic heterocycles. The minimum Gasteiger partial charge on any atom is -0.493 e. The van der Waals surface area contributed by atoms with Crippen LogP contribution in [0.2, 0.25) is 0 Å². The van der Waals surface area contributed by atoms with Crippen molar-refractivity contribution in [1.82, 2.24) is 0 Å². The number of carbonyl (C=O) groups is 3. The van der Waals surface area contributed by atoms with Gasteiger partial charge in [-0.1, -0.05) is 0 Å². The Balaban J connectivity index is 2.72. The number of carbonyl (C=O) groups excluding carboxylic acids is 3.